The van der Waals surface area contributed by atoms with E-state index in [1.54, 1.807) is 6.20 Å². The highest BCUT2D eigenvalue weighted by molar-refractivity contribution is 7.11. The lowest BCUT2D eigenvalue weighted by Crippen LogP contribution is -2.30. The van der Waals surface area contributed by atoms with Crippen LogP contribution in [0, 0.1) is 11.6 Å². The molecule has 1 aromatic carbocycles. The highest BCUT2D eigenvalue weighted by Gasteiger charge is 2.24. The van der Waals surface area contributed by atoms with Crippen LogP contribution in [0.5, 0.6) is 5.88 Å². The number of nitrogens with zero attached hydrogens (tertiary/aromatic N) is 2. The van der Waals surface area contributed by atoms with Crippen molar-refractivity contribution in [1.29, 1.82) is 0 Å². The SMILES string of the molecule is O=C(NCCCCNc1ccccn1)Nc1snc(OCc2c(F)cc(Cl)cc2F)c1C(=O)O. The Morgan fingerprint density at radius 3 is 2.56 bits per heavy atom. The number of benzene rings is 1. The number of hydrogen-bond acceptors (Lipinski definition) is 7. The first-order valence-corrected chi connectivity index (χ1v) is 11.2. The summed E-state index contributed by atoms with van der Waals surface area (Å²) >= 11 is 6.25. The standard InChI is InChI=1S/C21H20ClF2N5O4S/c22-12-9-14(23)13(15(24)10-12)11-33-18-17(20(30)31)19(34-29-18)28-21(32)27-8-4-3-7-26-16-5-1-2-6-25-16/h1-2,5-6,9-10H,3-4,7-8,11H2,(H,25,26)(H,30,31)(H2,27,28,32). The van der Waals surface area contributed by atoms with Crippen molar-refractivity contribution in [2.24, 2.45) is 0 Å². The lowest BCUT2D eigenvalue weighted by atomic mass is 10.2. The van der Waals surface area contributed by atoms with E-state index in [2.05, 4.69) is 25.3 Å². The second-order valence-corrected chi connectivity index (χ2v) is 8.07. The van der Waals surface area contributed by atoms with Gasteiger partial charge in [-0.3, -0.25) is 5.32 Å². The van der Waals surface area contributed by atoms with Gasteiger partial charge in [-0.25, -0.2) is 23.4 Å². The molecule has 2 amide bonds. The summed E-state index contributed by atoms with van der Waals surface area (Å²) in [6.45, 7) is 0.417. The molecule has 0 aliphatic carbocycles. The highest BCUT2D eigenvalue weighted by atomic mass is 35.5. The van der Waals surface area contributed by atoms with Gasteiger partial charge in [0.15, 0.2) is 5.56 Å². The fourth-order valence-corrected chi connectivity index (χ4v) is 3.70. The zero-order valence-electron chi connectivity index (χ0n) is 17.6. The van der Waals surface area contributed by atoms with Gasteiger partial charge in [0.2, 0.25) is 5.88 Å². The molecule has 0 saturated heterocycles. The van der Waals surface area contributed by atoms with Crippen LogP contribution in [0.1, 0.15) is 28.8 Å². The van der Waals surface area contributed by atoms with Gasteiger partial charge in [-0.05, 0) is 48.6 Å². The monoisotopic (exact) mass is 511 g/mol. The number of carboxylic acids is 1. The summed E-state index contributed by atoms with van der Waals surface area (Å²) in [6.07, 6.45) is 3.13. The third-order valence-electron chi connectivity index (χ3n) is 4.42. The molecule has 3 rings (SSSR count). The molecule has 0 fully saturated rings. The molecule has 0 spiro atoms. The molecule has 0 atom stereocenters. The van der Waals surface area contributed by atoms with Gasteiger partial charge in [0, 0.05) is 24.3 Å². The van der Waals surface area contributed by atoms with E-state index in [1.165, 1.54) is 0 Å². The Morgan fingerprint density at radius 1 is 1.15 bits per heavy atom. The van der Waals surface area contributed by atoms with Crippen molar-refractivity contribution in [3.05, 3.63) is 64.3 Å². The first-order valence-electron chi connectivity index (χ1n) is 10.0. The third-order valence-corrected chi connectivity index (χ3v) is 5.38. The number of ether oxygens (including phenoxy) is 1. The molecule has 0 bridgehead atoms. The Balaban J connectivity index is 1.49. The lowest BCUT2D eigenvalue weighted by Gasteiger charge is -2.09. The smallest absolute Gasteiger partial charge is 0.344 e. The maximum Gasteiger partial charge on any atom is 0.344 e. The number of rotatable bonds is 11. The van der Waals surface area contributed by atoms with Gasteiger partial charge in [0.25, 0.3) is 0 Å². The minimum absolute atomic E-state index is 0.0751. The second kappa shape index (κ2) is 12.1. The van der Waals surface area contributed by atoms with Crippen molar-refractivity contribution in [2.75, 3.05) is 23.7 Å². The van der Waals surface area contributed by atoms with E-state index in [0.717, 1.165) is 24.4 Å². The maximum atomic E-state index is 13.9. The summed E-state index contributed by atoms with van der Waals surface area (Å²) in [5, 5.41) is 17.5. The van der Waals surface area contributed by atoms with Gasteiger partial charge in [0.05, 0.1) is 5.56 Å². The summed E-state index contributed by atoms with van der Waals surface area (Å²) in [4.78, 5) is 27.9. The number of aromatic carboxylic acids is 1. The van der Waals surface area contributed by atoms with Crippen molar-refractivity contribution in [1.82, 2.24) is 14.7 Å². The molecule has 0 aliphatic rings. The summed E-state index contributed by atoms with van der Waals surface area (Å²) in [5.41, 5.74) is -0.854. The van der Waals surface area contributed by atoms with Crippen molar-refractivity contribution < 1.29 is 28.2 Å². The average Bonchev–Trinajstić information content (AvgIpc) is 3.18. The highest BCUT2D eigenvalue weighted by Crippen LogP contribution is 2.31. The number of pyridine rings is 1. The fourth-order valence-electron chi connectivity index (χ4n) is 2.78. The van der Waals surface area contributed by atoms with Crippen LogP contribution < -0.4 is 20.7 Å². The molecule has 4 N–H and O–H groups in total. The molecule has 2 aromatic heterocycles. The van der Waals surface area contributed by atoms with Gasteiger partial charge in [-0.1, -0.05) is 17.7 Å². The number of carboxylic acid groups (broad SMARTS) is 1. The zero-order valence-corrected chi connectivity index (χ0v) is 19.2. The Labute approximate surface area is 202 Å². The summed E-state index contributed by atoms with van der Waals surface area (Å²) in [5.74, 6) is -2.91. The van der Waals surface area contributed by atoms with Crippen LogP contribution in [0.15, 0.2) is 36.5 Å². The predicted molar refractivity (Wildman–Crippen MR) is 124 cm³/mol. The number of nitrogens with one attached hydrogen (secondary N) is 3. The zero-order chi connectivity index (χ0) is 24.5. The largest absolute Gasteiger partial charge is 0.477 e. The molecule has 3 aromatic rings. The predicted octanol–water partition coefficient (Wildman–Crippen LogP) is 4.76. The number of aromatic nitrogens is 2. The number of anilines is 2. The average molecular weight is 512 g/mol. The van der Waals surface area contributed by atoms with Crippen LogP contribution in [0.4, 0.5) is 24.4 Å². The quantitative estimate of drug-likeness (QED) is 0.273. The van der Waals surface area contributed by atoms with Crippen LogP contribution in [0.2, 0.25) is 5.02 Å². The van der Waals surface area contributed by atoms with Gasteiger partial charge >= 0.3 is 12.0 Å². The van der Waals surface area contributed by atoms with Crippen LogP contribution in [0.3, 0.4) is 0 Å². The molecule has 13 heteroatoms. The number of unbranched alkanes of at least 4 members (excludes halogenated alkanes) is 1. The number of amides is 2. The van der Waals surface area contributed by atoms with E-state index in [4.69, 9.17) is 16.3 Å². The first-order chi connectivity index (χ1) is 16.3. The Kier molecular flexibility index (Phi) is 8.93. The number of halogens is 3. The second-order valence-electron chi connectivity index (χ2n) is 6.86. The molecule has 2 heterocycles. The summed E-state index contributed by atoms with van der Waals surface area (Å²) in [7, 11) is 0. The molecular formula is C21H20ClF2N5O4S. The van der Waals surface area contributed by atoms with E-state index in [1.807, 2.05) is 18.2 Å². The Morgan fingerprint density at radius 2 is 1.88 bits per heavy atom. The number of hydrogen-bond donors (Lipinski definition) is 4. The summed E-state index contributed by atoms with van der Waals surface area (Å²) < 4.78 is 36.9. The van der Waals surface area contributed by atoms with Gasteiger partial charge in [0.1, 0.15) is 29.1 Å². The molecule has 0 saturated carbocycles. The number of carbonyl (C=O) groups is 2. The molecular weight excluding hydrogens is 492 g/mol. The van der Waals surface area contributed by atoms with Gasteiger partial charge in [-0.15, -0.1) is 0 Å². The lowest BCUT2D eigenvalue weighted by molar-refractivity contribution is 0.0693. The Bertz CT molecular complexity index is 1130. The van der Waals surface area contributed by atoms with E-state index in [9.17, 15) is 23.5 Å². The van der Waals surface area contributed by atoms with E-state index >= 15 is 0 Å². The fraction of sp³-hybridized carbons (Fsp3) is 0.238. The third kappa shape index (κ3) is 6.99. The number of urea groups is 1. The molecule has 180 valence electrons. The summed E-state index contributed by atoms with van der Waals surface area (Å²) in [6, 6.07) is 6.74. The van der Waals surface area contributed by atoms with Crippen LogP contribution in [-0.2, 0) is 6.61 Å². The van der Waals surface area contributed by atoms with E-state index in [-0.39, 0.29) is 15.9 Å². The molecule has 34 heavy (non-hydrogen) atoms. The normalized spacial score (nSPS) is 10.6. The molecule has 0 radical (unpaired) electrons. The minimum Gasteiger partial charge on any atom is -0.477 e. The molecule has 0 aliphatic heterocycles. The number of carbonyl (C=O) groups excluding carboxylic acids is 1. The first kappa shape index (κ1) is 25.1. The van der Waals surface area contributed by atoms with Crippen LogP contribution in [-0.4, -0.2) is 39.6 Å². The van der Waals surface area contributed by atoms with Crippen molar-refractivity contribution in [3.8, 4) is 5.88 Å². The van der Waals surface area contributed by atoms with Gasteiger partial charge < -0.3 is 20.5 Å². The van der Waals surface area contributed by atoms with Crippen molar-refractivity contribution >= 4 is 46.0 Å². The van der Waals surface area contributed by atoms with E-state index in [0.29, 0.717) is 31.0 Å². The maximum absolute atomic E-state index is 13.9. The van der Waals surface area contributed by atoms with Crippen LogP contribution >= 0.6 is 23.1 Å². The van der Waals surface area contributed by atoms with Crippen LogP contribution in [0.25, 0.3) is 0 Å². The van der Waals surface area contributed by atoms with Gasteiger partial charge in [-0.2, -0.15) is 4.37 Å². The molecule has 0 unspecified atom stereocenters. The topological polar surface area (TPSA) is 125 Å². The minimum atomic E-state index is -1.42. The van der Waals surface area contributed by atoms with E-state index < -0.39 is 41.4 Å². The van der Waals surface area contributed by atoms with Crippen molar-refractivity contribution in [2.45, 2.75) is 19.4 Å². The molecule has 9 nitrogen and oxygen atoms in total. The Hall–Kier alpha value is -3.51. The van der Waals surface area contributed by atoms with Crippen molar-refractivity contribution in [3.63, 3.8) is 0 Å².